The highest BCUT2D eigenvalue weighted by Crippen LogP contribution is 2.41. The van der Waals surface area contributed by atoms with Gasteiger partial charge in [0.05, 0.1) is 22.1 Å². The molecule has 6 nitrogen and oxygen atoms in total. The summed E-state index contributed by atoms with van der Waals surface area (Å²) in [5.41, 5.74) is 15.9. The molecule has 0 fully saturated rings. The number of benzene rings is 10. The van der Waals surface area contributed by atoms with E-state index in [1.54, 1.807) is 0 Å². The number of nitrogens with zero attached hydrogens (tertiary/aromatic N) is 5. The van der Waals surface area contributed by atoms with Crippen LogP contribution in [0.5, 0.6) is 0 Å². The van der Waals surface area contributed by atoms with E-state index in [-0.39, 0.29) is 0 Å². The first kappa shape index (κ1) is 38.8. The van der Waals surface area contributed by atoms with Gasteiger partial charge in [0, 0.05) is 60.4 Å². The summed E-state index contributed by atoms with van der Waals surface area (Å²) in [5.74, 6) is 1.84. The largest absolute Gasteiger partial charge is 0.456 e. The zero-order valence-electron chi connectivity index (χ0n) is 37.2. The standard InChI is InChI=1S/C63H39N5O/c1-5-15-40(16-6-1)61-64-62(41-17-7-2-8-18-41)66-63(65-61)46-25-30-50-54-38-45(29-34-59(54)69-60(50)39-46)44-28-33-58-53(37-44)52-36-43(27-32-57(52)68(58)48-21-11-4-12-22-48)42-26-31-56-51(35-42)49-23-13-14-24-55(49)67(56)47-19-9-3-10-20-47/h1-39H. The van der Waals surface area contributed by atoms with Gasteiger partial charge >= 0.3 is 0 Å². The zero-order chi connectivity index (χ0) is 45.4. The fourth-order valence-electron chi connectivity index (χ4n) is 10.3. The van der Waals surface area contributed by atoms with E-state index in [9.17, 15) is 0 Å². The van der Waals surface area contributed by atoms with Crippen LogP contribution in [0.2, 0.25) is 0 Å². The molecule has 0 aliphatic carbocycles. The molecule has 0 amide bonds. The van der Waals surface area contributed by atoms with Crippen molar-refractivity contribution in [2.45, 2.75) is 0 Å². The highest BCUT2D eigenvalue weighted by molar-refractivity contribution is 6.14. The van der Waals surface area contributed by atoms with Gasteiger partial charge in [-0.25, -0.2) is 15.0 Å². The Morgan fingerprint density at radius 2 is 0.638 bits per heavy atom. The summed E-state index contributed by atoms with van der Waals surface area (Å²) in [6, 6.07) is 83.6. The normalized spacial score (nSPS) is 11.8. The van der Waals surface area contributed by atoms with Crippen LogP contribution in [0.1, 0.15) is 0 Å². The molecule has 0 bridgehead atoms. The van der Waals surface area contributed by atoms with Gasteiger partial charge in [0.15, 0.2) is 17.5 Å². The van der Waals surface area contributed by atoms with Crippen LogP contribution in [-0.2, 0) is 0 Å². The van der Waals surface area contributed by atoms with Crippen molar-refractivity contribution in [3.05, 3.63) is 237 Å². The Morgan fingerprint density at radius 3 is 1.16 bits per heavy atom. The molecule has 14 aromatic rings. The van der Waals surface area contributed by atoms with E-state index in [0.717, 1.165) is 72.2 Å². The Labute approximate surface area is 396 Å². The first-order valence-corrected chi connectivity index (χ1v) is 23.3. The lowest BCUT2D eigenvalue weighted by molar-refractivity contribution is 0.669. The molecule has 0 radical (unpaired) electrons. The molecule has 14 rings (SSSR count). The fraction of sp³-hybridized carbons (Fsp3) is 0. The maximum absolute atomic E-state index is 6.57. The Morgan fingerprint density at radius 1 is 0.246 bits per heavy atom. The minimum Gasteiger partial charge on any atom is -0.456 e. The van der Waals surface area contributed by atoms with Crippen LogP contribution in [-0.4, -0.2) is 24.1 Å². The predicted octanol–water partition coefficient (Wildman–Crippen LogP) is 16.3. The van der Waals surface area contributed by atoms with Gasteiger partial charge in [0.25, 0.3) is 0 Å². The third kappa shape index (κ3) is 6.45. The molecule has 0 atom stereocenters. The molecule has 0 saturated heterocycles. The summed E-state index contributed by atoms with van der Waals surface area (Å²) in [6.45, 7) is 0. The van der Waals surface area contributed by atoms with Gasteiger partial charge in [-0.3, -0.25) is 0 Å². The van der Waals surface area contributed by atoms with Gasteiger partial charge in [0.1, 0.15) is 11.2 Å². The minimum absolute atomic E-state index is 0.591. The van der Waals surface area contributed by atoms with Crippen molar-refractivity contribution in [1.82, 2.24) is 24.1 Å². The predicted molar refractivity (Wildman–Crippen MR) is 283 cm³/mol. The highest BCUT2D eigenvalue weighted by Gasteiger charge is 2.19. The van der Waals surface area contributed by atoms with Crippen molar-refractivity contribution < 1.29 is 4.42 Å². The topological polar surface area (TPSA) is 61.7 Å². The van der Waals surface area contributed by atoms with Crippen molar-refractivity contribution in [3.63, 3.8) is 0 Å². The molecule has 0 spiro atoms. The number of para-hydroxylation sites is 3. The average Bonchev–Trinajstić information content (AvgIpc) is 4.08. The van der Waals surface area contributed by atoms with Crippen LogP contribution in [0.25, 0.3) is 133 Å². The first-order chi connectivity index (χ1) is 34.2. The van der Waals surface area contributed by atoms with Crippen molar-refractivity contribution in [3.8, 4) is 67.8 Å². The van der Waals surface area contributed by atoms with E-state index in [1.807, 2.05) is 60.7 Å². The average molecular weight is 882 g/mol. The third-order valence-corrected chi connectivity index (χ3v) is 13.6. The summed E-state index contributed by atoms with van der Waals surface area (Å²) in [6.07, 6.45) is 0. The van der Waals surface area contributed by atoms with E-state index in [0.29, 0.717) is 17.5 Å². The quantitative estimate of drug-likeness (QED) is 0.160. The second-order valence-electron chi connectivity index (χ2n) is 17.6. The minimum atomic E-state index is 0.591. The van der Waals surface area contributed by atoms with Crippen LogP contribution >= 0.6 is 0 Å². The second-order valence-corrected chi connectivity index (χ2v) is 17.6. The number of hydrogen-bond donors (Lipinski definition) is 0. The van der Waals surface area contributed by atoms with Gasteiger partial charge < -0.3 is 13.6 Å². The second kappa shape index (κ2) is 15.6. The number of furan rings is 1. The molecule has 6 heteroatoms. The van der Waals surface area contributed by atoms with Crippen molar-refractivity contribution >= 4 is 65.6 Å². The summed E-state index contributed by atoms with van der Waals surface area (Å²) in [7, 11) is 0. The van der Waals surface area contributed by atoms with Crippen LogP contribution in [0.15, 0.2) is 241 Å². The van der Waals surface area contributed by atoms with E-state index in [2.05, 4.69) is 185 Å². The number of aromatic nitrogens is 5. The molecule has 69 heavy (non-hydrogen) atoms. The van der Waals surface area contributed by atoms with Gasteiger partial charge in [0.2, 0.25) is 0 Å². The molecular formula is C63H39N5O. The van der Waals surface area contributed by atoms with E-state index >= 15 is 0 Å². The van der Waals surface area contributed by atoms with Gasteiger partial charge in [-0.15, -0.1) is 0 Å². The van der Waals surface area contributed by atoms with Crippen molar-refractivity contribution in [1.29, 1.82) is 0 Å². The van der Waals surface area contributed by atoms with Crippen LogP contribution in [0.3, 0.4) is 0 Å². The summed E-state index contributed by atoms with van der Waals surface area (Å²) in [4.78, 5) is 14.8. The maximum Gasteiger partial charge on any atom is 0.164 e. The molecule has 0 saturated carbocycles. The molecule has 4 aromatic heterocycles. The Kier molecular flexibility index (Phi) is 8.79. The van der Waals surface area contributed by atoms with Crippen LogP contribution in [0.4, 0.5) is 0 Å². The SMILES string of the molecule is c1ccc(-c2nc(-c3ccccc3)nc(-c3ccc4c(c3)oc3ccc(-c5ccc6c(c5)c5cc(-c7ccc8c(c7)c7ccccc7n8-c7ccccc7)ccc5n6-c5ccccc5)cc34)n2)cc1. The number of hydrogen-bond acceptors (Lipinski definition) is 4. The third-order valence-electron chi connectivity index (χ3n) is 13.6. The van der Waals surface area contributed by atoms with Crippen molar-refractivity contribution in [2.24, 2.45) is 0 Å². The molecule has 0 N–H and O–H groups in total. The summed E-state index contributed by atoms with van der Waals surface area (Å²) >= 11 is 0. The fourth-order valence-corrected chi connectivity index (χ4v) is 10.3. The maximum atomic E-state index is 6.57. The lowest BCUT2D eigenvalue weighted by Gasteiger charge is -2.09. The summed E-state index contributed by atoms with van der Waals surface area (Å²) < 4.78 is 11.3. The monoisotopic (exact) mass is 881 g/mol. The van der Waals surface area contributed by atoms with E-state index in [4.69, 9.17) is 19.4 Å². The van der Waals surface area contributed by atoms with Crippen molar-refractivity contribution in [2.75, 3.05) is 0 Å². The molecule has 322 valence electrons. The molecule has 0 aliphatic rings. The summed E-state index contributed by atoms with van der Waals surface area (Å²) in [5, 5.41) is 6.96. The van der Waals surface area contributed by atoms with Crippen LogP contribution in [0, 0.1) is 0 Å². The molecule has 4 heterocycles. The number of fused-ring (bicyclic) bond motifs is 9. The zero-order valence-corrected chi connectivity index (χ0v) is 37.2. The van der Waals surface area contributed by atoms with Gasteiger partial charge in [-0.2, -0.15) is 0 Å². The van der Waals surface area contributed by atoms with Gasteiger partial charge in [-0.1, -0.05) is 146 Å². The lowest BCUT2D eigenvalue weighted by Crippen LogP contribution is -2.00. The van der Waals surface area contributed by atoms with E-state index < -0.39 is 0 Å². The van der Waals surface area contributed by atoms with E-state index in [1.165, 1.54) is 43.7 Å². The Bertz CT molecular complexity index is 4230. The Balaban J connectivity index is 0.881. The molecule has 0 unspecified atom stereocenters. The smallest absolute Gasteiger partial charge is 0.164 e. The molecule has 0 aliphatic heterocycles. The highest BCUT2D eigenvalue weighted by atomic mass is 16.3. The van der Waals surface area contributed by atoms with Crippen LogP contribution < -0.4 is 0 Å². The Hall–Kier alpha value is -9.39. The first-order valence-electron chi connectivity index (χ1n) is 23.3. The molecular weight excluding hydrogens is 843 g/mol. The molecule has 10 aromatic carbocycles. The number of rotatable bonds is 7. The lowest BCUT2D eigenvalue weighted by atomic mass is 9.98. The van der Waals surface area contributed by atoms with Gasteiger partial charge in [-0.05, 0) is 113 Å².